The molecule has 0 amide bonds. The van der Waals surface area contributed by atoms with E-state index < -0.39 is 12.3 Å². The average molecular weight is 223 g/mol. The third kappa shape index (κ3) is 2.80. The molecule has 2 nitrogen and oxygen atoms in total. The Morgan fingerprint density at radius 1 is 1.25 bits per heavy atom. The lowest BCUT2D eigenvalue weighted by Gasteiger charge is -2.31. The molecular formula is C13H18FNO. The van der Waals surface area contributed by atoms with Crippen molar-refractivity contribution in [1.82, 2.24) is 5.32 Å². The van der Waals surface area contributed by atoms with Crippen LogP contribution in [0.1, 0.15) is 24.8 Å². The SMILES string of the molecule is O[C@@H]1[C@@H](F)CCC[C@H]1NCc1ccccc1. The number of hydrogen-bond donors (Lipinski definition) is 2. The Labute approximate surface area is 95.5 Å². The second kappa shape index (κ2) is 5.41. The van der Waals surface area contributed by atoms with Crippen molar-refractivity contribution in [2.45, 2.75) is 44.1 Å². The molecule has 0 unspecified atom stereocenters. The first-order chi connectivity index (χ1) is 7.77. The van der Waals surface area contributed by atoms with Gasteiger partial charge in [0, 0.05) is 12.6 Å². The second-order valence-corrected chi connectivity index (χ2v) is 4.41. The maximum atomic E-state index is 13.3. The van der Waals surface area contributed by atoms with E-state index in [1.165, 1.54) is 0 Å². The van der Waals surface area contributed by atoms with Crippen molar-refractivity contribution in [2.24, 2.45) is 0 Å². The molecule has 0 heterocycles. The van der Waals surface area contributed by atoms with Gasteiger partial charge in [-0.25, -0.2) is 4.39 Å². The van der Waals surface area contributed by atoms with E-state index in [2.05, 4.69) is 5.32 Å². The second-order valence-electron chi connectivity index (χ2n) is 4.41. The van der Waals surface area contributed by atoms with Crippen LogP contribution in [0.3, 0.4) is 0 Å². The minimum Gasteiger partial charge on any atom is -0.388 e. The van der Waals surface area contributed by atoms with Gasteiger partial charge in [-0.15, -0.1) is 0 Å². The highest BCUT2D eigenvalue weighted by molar-refractivity contribution is 5.14. The van der Waals surface area contributed by atoms with Crippen molar-refractivity contribution in [3.8, 4) is 0 Å². The summed E-state index contributed by atoms with van der Waals surface area (Å²) < 4.78 is 13.3. The van der Waals surface area contributed by atoms with Gasteiger partial charge in [0.2, 0.25) is 0 Å². The molecule has 1 aliphatic rings. The van der Waals surface area contributed by atoms with Gasteiger partial charge >= 0.3 is 0 Å². The van der Waals surface area contributed by atoms with Crippen LogP contribution in [0.4, 0.5) is 4.39 Å². The highest BCUT2D eigenvalue weighted by atomic mass is 19.1. The fraction of sp³-hybridized carbons (Fsp3) is 0.538. The van der Waals surface area contributed by atoms with E-state index in [4.69, 9.17) is 0 Å². The number of aliphatic hydroxyl groups excluding tert-OH is 1. The highest BCUT2D eigenvalue weighted by Gasteiger charge is 2.31. The molecule has 3 heteroatoms. The quantitative estimate of drug-likeness (QED) is 0.821. The van der Waals surface area contributed by atoms with Crippen LogP contribution in [-0.4, -0.2) is 23.4 Å². The third-order valence-electron chi connectivity index (χ3n) is 3.19. The van der Waals surface area contributed by atoms with Gasteiger partial charge in [-0.2, -0.15) is 0 Å². The van der Waals surface area contributed by atoms with Gasteiger partial charge in [-0.3, -0.25) is 0 Å². The van der Waals surface area contributed by atoms with Crippen molar-refractivity contribution in [1.29, 1.82) is 0 Å². The lowest BCUT2D eigenvalue weighted by Crippen LogP contribution is -2.47. The van der Waals surface area contributed by atoms with E-state index in [0.29, 0.717) is 13.0 Å². The summed E-state index contributed by atoms with van der Waals surface area (Å²) in [4.78, 5) is 0. The van der Waals surface area contributed by atoms with Crippen molar-refractivity contribution in [2.75, 3.05) is 0 Å². The van der Waals surface area contributed by atoms with Crippen LogP contribution in [0.25, 0.3) is 0 Å². The first-order valence-electron chi connectivity index (χ1n) is 5.87. The van der Waals surface area contributed by atoms with E-state index in [9.17, 15) is 9.50 Å². The number of rotatable bonds is 3. The minimum absolute atomic E-state index is 0.107. The number of halogens is 1. The molecule has 1 aliphatic carbocycles. The molecule has 1 fully saturated rings. The summed E-state index contributed by atoms with van der Waals surface area (Å²) >= 11 is 0. The summed E-state index contributed by atoms with van der Waals surface area (Å²) in [5.74, 6) is 0. The monoisotopic (exact) mass is 223 g/mol. The Morgan fingerprint density at radius 3 is 2.75 bits per heavy atom. The molecule has 0 bridgehead atoms. The zero-order chi connectivity index (χ0) is 11.4. The van der Waals surface area contributed by atoms with Gasteiger partial charge in [0.1, 0.15) is 12.3 Å². The molecular weight excluding hydrogens is 205 g/mol. The van der Waals surface area contributed by atoms with Crippen LogP contribution in [-0.2, 0) is 6.54 Å². The molecule has 0 saturated heterocycles. The Balaban J connectivity index is 1.85. The van der Waals surface area contributed by atoms with Gasteiger partial charge in [0.05, 0.1) is 0 Å². The normalized spacial score (nSPS) is 30.2. The summed E-state index contributed by atoms with van der Waals surface area (Å²) in [6.45, 7) is 0.690. The van der Waals surface area contributed by atoms with Crippen LogP contribution >= 0.6 is 0 Å². The molecule has 2 N–H and O–H groups in total. The van der Waals surface area contributed by atoms with E-state index in [1.54, 1.807) is 0 Å². The molecule has 0 radical (unpaired) electrons. The smallest absolute Gasteiger partial charge is 0.127 e. The Kier molecular flexibility index (Phi) is 3.91. The van der Waals surface area contributed by atoms with Gasteiger partial charge in [-0.05, 0) is 24.8 Å². The molecule has 3 atom stereocenters. The maximum absolute atomic E-state index is 13.3. The molecule has 16 heavy (non-hydrogen) atoms. The largest absolute Gasteiger partial charge is 0.388 e. The number of benzene rings is 1. The van der Waals surface area contributed by atoms with Crippen LogP contribution in [0.5, 0.6) is 0 Å². The summed E-state index contributed by atoms with van der Waals surface area (Å²) in [5, 5.41) is 12.9. The van der Waals surface area contributed by atoms with Gasteiger partial charge in [0.25, 0.3) is 0 Å². The molecule has 1 aromatic carbocycles. The molecule has 0 aromatic heterocycles. The minimum atomic E-state index is -1.07. The van der Waals surface area contributed by atoms with E-state index in [-0.39, 0.29) is 6.04 Å². The Hall–Kier alpha value is -0.930. The summed E-state index contributed by atoms with van der Waals surface area (Å²) in [6, 6.07) is 9.86. The molecule has 1 aromatic rings. The van der Waals surface area contributed by atoms with Crippen LogP contribution < -0.4 is 5.32 Å². The van der Waals surface area contributed by atoms with Crippen LogP contribution in [0.15, 0.2) is 30.3 Å². The number of hydrogen-bond acceptors (Lipinski definition) is 2. The molecule has 88 valence electrons. The first kappa shape index (κ1) is 11.6. The third-order valence-corrected chi connectivity index (χ3v) is 3.19. The predicted octanol–water partition coefficient (Wildman–Crippen LogP) is 2.03. The van der Waals surface area contributed by atoms with Gasteiger partial charge in [0.15, 0.2) is 0 Å². The number of alkyl halides is 1. The predicted molar refractivity (Wildman–Crippen MR) is 61.8 cm³/mol. The first-order valence-corrected chi connectivity index (χ1v) is 5.87. The average Bonchev–Trinajstić information content (AvgIpc) is 2.32. The van der Waals surface area contributed by atoms with Crippen molar-refractivity contribution in [3.05, 3.63) is 35.9 Å². The van der Waals surface area contributed by atoms with Crippen molar-refractivity contribution >= 4 is 0 Å². The summed E-state index contributed by atoms with van der Waals surface area (Å²) in [6.07, 6.45) is 0.281. The zero-order valence-electron chi connectivity index (χ0n) is 9.27. The van der Waals surface area contributed by atoms with Gasteiger partial charge < -0.3 is 10.4 Å². The number of aliphatic hydroxyl groups is 1. The standard InChI is InChI=1S/C13H18FNO/c14-11-7-4-8-12(13(11)16)15-9-10-5-2-1-3-6-10/h1-3,5-6,11-13,15-16H,4,7-9H2/t11-,12+,13+/m0/s1. The van der Waals surface area contributed by atoms with E-state index in [0.717, 1.165) is 18.4 Å². The lowest BCUT2D eigenvalue weighted by molar-refractivity contribution is 0.0161. The lowest BCUT2D eigenvalue weighted by atomic mass is 9.91. The molecule has 2 rings (SSSR count). The van der Waals surface area contributed by atoms with Crippen LogP contribution in [0, 0.1) is 0 Å². The fourth-order valence-electron chi connectivity index (χ4n) is 2.19. The topological polar surface area (TPSA) is 32.3 Å². The maximum Gasteiger partial charge on any atom is 0.127 e. The summed E-state index contributed by atoms with van der Waals surface area (Å²) in [5.41, 5.74) is 1.16. The molecule has 0 spiro atoms. The highest BCUT2D eigenvalue weighted by Crippen LogP contribution is 2.22. The van der Waals surface area contributed by atoms with Crippen molar-refractivity contribution in [3.63, 3.8) is 0 Å². The van der Waals surface area contributed by atoms with Gasteiger partial charge in [-0.1, -0.05) is 30.3 Å². The van der Waals surface area contributed by atoms with Crippen molar-refractivity contribution < 1.29 is 9.50 Å². The van der Waals surface area contributed by atoms with E-state index >= 15 is 0 Å². The Morgan fingerprint density at radius 2 is 2.00 bits per heavy atom. The molecule has 0 aliphatic heterocycles. The zero-order valence-corrected chi connectivity index (χ0v) is 9.27. The Bertz CT molecular complexity index is 317. The van der Waals surface area contributed by atoms with Crippen LogP contribution in [0.2, 0.25) is 0 Å². The summed E-state index contributed by atoms with van der Waals surface area (Å²) in [7, 11) is 0. The van der Waals surface area contributed by atoms with E-state index in [1.807, 2.05) is 30.3 Å². The molecule has 1 saturated carbocycles. The fourth-order valence-corrected chi connectivity index (χ4v) is 2.19. The number of nitrogens with one attached hydrogen (secondary N) is 1.